The van der Waals surface area contributed by atoms with Crippen LogP contribution in [0.3, 0.4) is 0 Å². The number of carbonyl (C=O) groups is 2. The number of rotatable bonds is 7. The molecule has 0 aliphatic heterocycles. The number of carboxylic acid groups (broad SMARTS) is 1. The number of carbonyl (C=O) groups excluding carboxylic acids is 1. The van der Waals surface area contributed by atoms with Gasteiger partial charge in [0.2, 0.25) is 5.91 Å². The predicted molar refractivity (Wildman–Crippen MR) is 116 cm³/mol. The van der Waals surface area contributed by atoms with Crippen LogP contribution in [-0.4, -0.2) is 22.1 Å². The first-order valence-electron chi connectivity index (χ1n) is 10.7. The maximum atomic E-state index is 11.9. The van der Waals surface area contributed by atoms with E-state index in [-0.39, 0.29) is 23.6 Å². The van der Waals surface area contributed by atoms with Crippen molar-refractivity contribution in [1.29, 1.82) is 0 Å². The zero-order valence-corrected chi connectivity index (χ0v) is 17.7. The van der Waals surface area contributed by atoms with E-state index in [9.17, 15) is 9.59 Å². The van der Waals surface area contributed by atoms with Gasteiger partial charge in [-0.05, 0) is 66.3 Å². The summed E-state index contributed by atoms with van der Waals surface area (Å²) in [7, 11) is 0. The van der Waals surface area contributed by atoms with Gasteiger partial charge in [-0.1, -0.05) is 50.2 Å². The Morgan fingerprint density at radius 2 is 1.77 bits per heavy atom. The van der Waals surface area contributed by atoms with Gasteiger partial charge in [0.25, 0.3) is 0 Å². The van der Waals surface area contributed by atoms with E-state index in [2.05, 4.69) is 17.4 Å². The number of hydrogen-bond donors (Lipinski definition) is 3. The summed E-state index contributed by atoms with van der Waals surface area (Å²) in [6.07, 6.45) is 5.02. The second-order valence-electron chi connectivity index (χ2n) is 8.79. The molecule has 2 aromatic rings. The van der Waals surface area contributed by atoms with Crippen molar-refractivity contribution in [1.82, 2.24) is 5.32 Å². The Balaban J connectivity index is 0.000000196. The van der Waals surface area contributed by atoms with E-state index in [0.717, 1.165) is 29.9 Å². The summed E-state index contributed by atoms with van der Waals surface area (Å²) in [5.41, 5.74) is 3.44. The Bertz CT molecular complexity index is 880. The number of aromatic carboxylic acids is 1. The first-order chi connectivity index (χ1) is 14.3. The van der Waals surface area contributed by atoms with Gasteiger partial charge in [0.15, 0.2) is 0 Å². The van der Waals surface area contributed by atoms with Crippen LogP contribution in [0.4, 0.5) is 0 Å². The second-order valence-corrected chi connectivity index (χ2v) is 8.79. The number of aliphatic hydroxyl groups is 1. The fourth-order valence-electron chi connectivity index (χ4n) is 3.59. The molecule has 2 aromatic carbocycles. The maximum Gasteiger partial charge on any atom is 0.335 e. The standard InChI is InChI=1S/C15H19NO3.C10H12O/c1-10(2)9-13(17)16-15(7-8-15)12-5-3-11(4-6-12)14(18)19;11-7-8-2-1-3-10(6-8)9-4-5-9/h3-6,10H,7-9H2,1-2H3,(H,16,17)(H,18,19);1-3,6,9,11H,4-5,7H2. The van der Waals surface area contributed by atoms with Crippen molar-refractivity contribution in [3.05, 3.63) is 70.8 Å². The molecule has 0 unspecified atom stereocenters. The Morgan fingerprint density at radius 3 is 2.27 bits per heavy atom. The highest BCUT2D eigenvalue weighted by Gasteiger charge is 2.45. The minimum Gasteiger partial charge on any atom is -0.478 e. The van der Waals surface area contributed by atoms with Gasteiger partial charge in [-0.2, -0.15) is 0 Å². The van der Waals surface area contributed by atoms with Crippen molar-refractivity contribution >= 4 is 11.9 Å². The molecule has 3 N–H and O–H groups in total. The summed E-state index contributed by atoms with van der Waals surface area (Å²) in [4.78, 5) is 22.7. The highest BCUT2D eigenvalue weighted by atomic mass is 16.4. The third-order valence-electron chi connectivity index (χ3n) is 5.59. The molecule has 0 heterocycles. The van der Waals surface area contributed by atoms with E-state index in [4.69, 9.17) is 10.2 Å². The molecule has 30 heavy (non-hydrogen) atoms. The minimum atomic E-state index is -0.930. The molecule has 2 aliphatic carbocycles. The number of nitrogens with one attached hydrogen (secondary N) is 1. The van der Waals surface area contributed by atoms with E-state index in [1.807, 2.05) is 26.0 Å². The lowest BCUT2D eigenvalue weighted by Crippen LogP contribution is -2.35. The summed E-state index contributed by atoms with van der Waals surface area (Å²) in [6.45, 7) is 4.20. The van der Waals surface area contributed by atoms with E-state index < -0.39 is 5.97 Å². The van der Waals surface area contributed by atoms with Crippen molar-refractivity contribution < 1.29 is 19.8 Å². The van der Waals surface area contributed by atoms with Crippen LogP contribution in [0.2, 0.25) is 0 Å². The van der Waals surface area contributed by atoms with Gasteiger partial charge >= 0.3 is 5.97 Å². The fraction of sp³-hybridized carbons (Fsp3) is 0.440. The summed E-state index contributed by atoms with van der Waals surface area (Å²) < 4.78 is 0. The molecule has 5 nitrogen and oxygen atoms in total. The summed E-state index contributed by atoms with van der Waals surface area (Å²) in [5.74, 6) is 0.265. The minimum absolute atomic E-state index is 0.0646. The first kappa shape index (κ1) is 22.0. The molecule has 4 rings (SSSR count). The van der Waals surface area contributed by atoms with Gasteiger partial charge in [0, 0.05) is 6.42 Å². The van der Waals surface area contributed by atoms with E-state index in [1.54, 1.807) is 24.3 Å². The Morgan fingerprint density at radius 1 is 1.10 bits per heavy atom. The van der Waals surface area contributed by atoms with Crippen LogP contribution in [0, 0.1) is 5.92 Å². The number of carboxylic acids is 1. The Hall–Kier alpha value is -2.66. The molecule has 2 aliphatic rings. The lowest BCUT2D eigenvalue weighted by atomic mass is 10.0. The quantitative estimate of drug-likeness (QED) is 0.624. The molecule has 0 spiro atoms. The van der Waals surface area contributed by atoms with Gasteiger partial charge < -0.3 is 15.5 Å². The highest BCUT2D eigenvalue weighted by molar-refractivity contribution is 5.87. The molecule has 0 atom stereocenters. The van der Waals surface area contributed by atoms with Crippen molar-refractivity contribution in [3.63, 3.8) is 0 Å². The Kier molecular flexibility index (Phi) is 6.93. The average Bonchev–Trinajstić information content (AvgIpc) is 3.63. The number of benzene rings is 2. The van der Waals surface area contributed by atoms with Gasteiger partial charge in [-0.3, -0.25) is 4.79 Å². The molecular weight excluding hydrogens is 378 g/mol. The van der Waals surface area contributed by atoms with Crippen LogP contribution >= 0.6 is 0 Å². The zero-order valence-electron chi connectivity index (χ0n) is 17.7. The average molecular weight is 410 g/mol. The molecule has 2 saturated carbocycles. The number of amides is 1. The monoisotopic (exact) mass is 409 g/mol. The van der Waals surface area contributed by atoms with Crippen molar-refractivity contribution in [2.75, 3.05) is 0 Å². The molecule has 1 amide bonds. The van der Waals surface area contributed by atoms with Crippen LogP contribution in [0.5, 0.6) is 0 Å². The molecule has 160 valence electrons. The fourth-order valence-corrected chi connectivity index (χ4v) is 3.59. The summed E-state index contributed by atoms with van der Waals surface area (Å²) in [6, 6.07) is 15.0. The summed E-state index contributed by atoms with van der Waals surface area (Å²) >= 11 is 0. The van der Waals surface area contributed by atoms with E-state index >= 15 is 0 Å². The van der Waals surface area contributed by atoms with E-state index in [1.165, 1.54) is 18.4 Å². The van der Waals surface area contributed by atoms with Gasteiger partial charge in [-0.25, -0.2) is 4.79 Å². The van der Waals surface area contributed by atoms with Gasteiger partial charge in [0.1, 0.15) is 0 Å². The molecule has 5 heteroatoms. The lowest BCUT2D eigenvalue weighted by Gasteiger charge is -2.19. The molecule has 0 bridgehead atoms. The van der Waals surface area contributed by atoms with Crippen molar-refractivity contribution in [3.8, 4) is 0 Å². The molecule has 0 radical (unpaired) electrons. The largest absolute Gasteiger partial charge is 0.478 e. The topological polar surface area (TPSA) is 86.6 Å². The molecule has 0 saturated heterocycles. The van der Waals surface area contributed by atoms with Gasteiger partial charge in [-0.15, -0.1) is 0 Å². The van der Waals surface area contributed by atoms with Crippen LogP contribution in [-0.2, 0) is 16.9 Å². The normalized spacial score (nSPS) is 16.4. The van der Waals surface area contributed by atoms with Crippen molar-refractivity contribution in [2.24, 2.45) is 5.92 Å². The lowest BCUT2D eigenvalue weighted by molar-refractivity contribution is -0.122. The molecule has 0 aromatic heterocycles. The maximum absolute atomic E-state index is 11.9. The first-order valence-corrected chi connectivity index (χ1v) is 10.7. The van der Waals surface area contributed by atoms with E-state index in [0.29, 0.717) is 12.3 Å². The number of hydrogen-bond acceptors (Lipinski definition) is 3. The third-order valence-corrected chi connectivity index (χ3v) is 5.59. The number of aliphatic hydroxyl groups excluding tert-OH is 1. The summed E-state index contributed by atoms with van der Waals surface area (Å²) in [5, 5.41) is 20.8. The third kappa shape index (κ3) is 5.92. The van der Waals surface area contributed by atoms with Gasteiger partial charge in [0.05, 0.1) is 17.7 Å². The Labute approximate surface area is 178 Å². The zero-order chi connectivity index (χ0) is 21.7. The van der Waals surface area contributed by atoms with Crippen LogP contribution < -0.4 is 5.32 Å². The molecular formula is C25H31NO4. The smallest absolute Gasteiger partial charge is 0.335 e. The predicted octanol–water partition coefficient (Wildman–Crippen LogP) is 4.59. The van der Waals surface area contributed by atoms with Crippen LogP contribution in [0.1, 0.15) is 78.9 Å². The van der Waals surface area contributed by atoms with Crippen LogP contribution in [0.25, 0.3) is 0 Å². The van der Waals surface area contributed by atoms with Crippen molar-refractivity contribution in [2.45, 2.75) is 64.0 Å². The van der Waals surface area contributed by atoms with Crippen LogP contribution in [0.15, 0.2) is 48.5 Å². The second kappa shape index (κ2) is 9.43. The SMILES string of the molecule is CC(C)CC(=O)NC1(c2ccc(C(=O)O)cc2)CC1.OCc1cccc(C2CC2)c1. The molecule has 2 fully saturated rings. The highest BCUT2D eigenvalue weighted by Crippen LogP contribution is 2.45.